The first kappa shape index (κ1) is 18.5. The molecule has 0 aromatic heterocycles. The van der Waals surface area contributed by atoms with Gasteiger partial charge < -0.3 is 4.74 Å². The van der Waals surface area contributed by atoms with E-state index in [0.29, 0.717) is 4.31 Å². The Bertz CT molecular complexity index is 988. The average Bonchev–Trinajstić information content (AvgIpc) is 2.64. The number of amides is 1. The lowest BCUT2D eigenvalue weighted by atomic mass is 10.1. The van der Waals surface area contributed by atoms with Gasteiger partial charge in [0.05, 0.1) is 16.2 Å². The van der Waals surface area contributed by atoms with Crippen molar-refractivity contribution in [1.82, 2.24) is 4.31 Å². The second-order valence-corrected chi connectivity index (χ2v) is 7.57. The predicted octanol–water partition coefficient (Wildman–Crippen LogP) is 1.63. The van der Waals surface area contributed by atoms with Gasteiger partial charge >= 0.3 is 5.97 Å². The van der Waals surface area contributed by atoms with Gasteiger partial charge in [0.25, 0.3) is 15.7 Å². The number of carbonyl (C=O) groups excluding carboxylic acids is 2. The fourth-order valence-corrected chi connectivity index (χ4v) is 4.10. The SMILES string of the molecule is O=C(OCc1ccccc1)[C@@H]1CC(=O)N1S(=O)(=O)c1ccc([N+](=O)[O-])cc1. The van der Waals surface area contributed by atoms with E-state index in [0.717, 1.165) is 29.8 Å². The summed E-state index contributed by atoms with van der Waals surface area (Å²) in [4.78, 5) is 33.7. The van der Waals surface area contributed by atoms with Gasteiger partial charge in [0.2, 0.25) is 5.91 Å². The molecule has 0 radical (unpaired) electrons. The molecule has 0 spiro atoms. The number of rotatable bonds is 6. The predicted molar refractivity (Wildman–Crippen MR) is 91.8 cm³/mol. The summed E-state index contributed by atoms with van der Waals surface area (Å²) in [5.41, 5.74) is 0.434. The molecule has 0 N–H and O–H groups in total. The van der Waals surface area contributed by atoms with Crippen LogP contribution in [0.4, 0.5) is 5.69 Å². The maximum atomic E-state index is 12.6. The van der Waals surface area contributed by atoms with Crippen LogP contribution in [0.15, 0.2) is 59.5 Å². The molecule has 3 rings (SSSR count). The van der Waals surface area contributed by atoms with Gasteiger partial charge in [0, 0.05) is 12.1 Å². The van der Waals surface area contributed by atoms with Gasteiger partial charge in [-0.1, -0.05) is 30.3 Å². The smallest absolute Gasteiger partial charge is 0.330 e. The van der Waals surface area contributed by atoms with Gasteiger partial charge in [-0.3, -0.25) is 14.9 Å². The fourth-order valence-electron chi connectivity index (χ4n) is 2.56. The number of carbonyl (C=O) groups is 2. The Balaban J connectivity index is 1.74. The molecule has 9 nitrogen and oxygen atoms in total. The third-order valence-electron chi connectivity index (χ3n) is 4.00. The quantitative estimate of drug-likeness (QED) is 0.318. The molecule has 10 heteroatoms. The second-order valence-electron chi connectivity index (χ2n) is 5.76. The van der Waals surface area contributed by atoms with Crippen molar-refractivity contribution in [2.75, 3.05) is 0 Å². The minimum atomic E-state index is -4.31. The van der Waals surface area contributed by atoms with Crippen LogP contribution in [0.1, 0.15) is 12.0 Å². The van der Waals surface area contributed by atoms with Crippen LogP contribution >= 0.6 is 0 Å². The van der Waals surface area contributed by atoms with E-state index in [1.807, 2.05) is 0 Å². The molecule has 140 valence electrons. The third kappa shape index (κ3) is 3.65. The van der Waals surface area contributed by atoms with Crippen LogP contribution in [-0.2, 0) is 31.0 Å². The Morgan fingerprint density at radius 2 is 1.78 bits per heavy atom. The van der Waals surface area contributed by atoms with Crippen molar-refractivity contribution in [3.63, 3.8) is 0 Å². The normalized spacial score (nSPS) is 16.5. The summed E-state index contributed by atoms with van der Waals surface area (Å²) in [6.07, 6.45) is -0.278. The number of non-ortho nitro benzene ring substituents is 1. The lowest BCUT2D eigenvalue weighted by Crippen LogP contribution is -2.59. The standard InChI is InChI=1S/C17H14N2O7S/c20-16-10-15(17(21)26-11-12-4-2-1-3-5-12)18(16)27(24,25)14-8-6-13(7-9-14)19(22)23/h1-9,15H,10-11H2/t15-/m0/s1. The number of nitro benzene ring substituents is 1. The summed E-state index contributed by atoms with van der Waals surface area (Å²) in [6, 6.07) is 11.6. The van der Waals surface area contributed by atoms with E-state index in [-0.39, 0.29) is 23.6 Å². The van der Waals surface area contributed by atoms with Crippen molar-refractivity contribution in [3.8, 4) is 0 Å². The van der Waals surface area contributed by atoms with Gasteiger partial charge in [-0.15, -0.1) is 0 Å². The number of ether oxygens (including phenoxy) is 1. The highest BCUT2D eigenvalue weighted by Crippen LogP contribution is 2.30. The van der Waals surface area contributed by atoms with Crippen LogP contribution in [-0.4, -0.2) is 35.6 Å². The van der Waals surface area contributed by atoms with Gasteiger partial charge in [0.1, 0.15) is 6.61 Å². The molecule has 0 aliphatic carbocycles. The Morgan fingerprint density at radius 3 is 2.33 bits per heavy atom. The molecule has 0 unspecified atom stereocenters. The molecular formula is C17H14N2O7S. The zero-order valence-electron chi connectivity index (χ0n) is 13.8. The molecule has 1 atom stereocenters. The summed E-state index contributed by atoms with van der Waals surface area (Å²) in [7, 11) is -4.31. The highest BCUT2D eigenvalue weighted by atomic mass is 32.2. The monoisotopic (exact) mass is 390 g/mol. The number of esters is 1. The number of hydrogen-bond acceptors (Lipinski definition) is 7. The van der Waals surface area contributed by atoms with E-state index in [2.05, 4.69) is 0 Å². The Labute approximate surface area is 154 Å². The molecule has 2 aromatic carbocycles. The second kappa shape index (κ2) is 7.16. The Hall–Kier alpha value is -3.27. The maximum absolute atomic E-state index is 12.6. The van der Waals surface area contributed by atoms with Crippen LogP contribution in [0.25, 0.3) is 0 Å². The minimum Gasteiger partial charge on any atom is -0.459 e. The van der Waals surface area contributed by atoms with E-state index in [1.54, 1.807) is 30.3 Å². The number of sulfonamides is 1. The topological polar surface area (TPSA) is 124 Å². The summed E-state index contributed by atoms with van der Waals surface area (Å²) in [5.74, 6) is -1.57. The Kier molecular flexibility index (Phi) is 4.91. The van der Waals surface area contributed by atoms with E-state index in [9.17, 15) is 28.1 Å². The van der Waals surface area contributed by atoms with Crippen LogP contribution in [0, 0.1) is 10.1 Å². The zero-order valence-corrected chi connectivity index (χ0v) is 14.7. The highest BCUT2D eigenvalue weighted by molar-refractivity contribution is 7.89. The number of β-lactam (4-membered cyclic amide) rings is 1. The summed E-state index contributed by atoms with van der Waals surface area (Å²) < 4.78 is 30.8. The molecule has 1 aliphatic heterocycles. The third-order valence-corrected chi connectivity index (χ3v) is 5.84. The minimum absolute atomic E-state index is 0.0459. The molecule has 1 saturated heterocycles. The summed E-state index contributed by atoms with van der Waals surface area (Å²) >= 11 is 0. The largest absolute Gasteiger partial charge is 0.459 e. The molecule has 1 amide bonds. The molecule has 27 heavy (non-hydrogen) atoms. The molecule has 0 bridgehead atoms. The number of hydrogen-bond donors (Lipinski definition) is 0. The number of benzene rings is 2. The lowest BCUT2D eigenvalue weighted by Gasteiger charge is -2.37. The van der Waals surface area contributed by atoms with Crippen LogP contribution in [0.5, 0.6) is 0 Å². The molecular weight excluding hydrogens is 376 g/mol. The van der Waals surface area contributed by atoms with E-state index in [4.69, 9.17) is 4.74 Å². The first-order valence-corrected chi connectivity index (χ1v) is 9.27. The van der Waals surface area contributed by atoms with Crippen LogP contribution in [0.2, 0.25) is 0 Å². The number of nitro groups is 1. The molecule has 1 heterocycles. The van der Waals surface area contributed by atoms with Crippen molar-refractivity contribution in [2.24, 2.45) is 0 Å². The number of nitrogens with zero attached hydrogens (tertiary/aromatic N) is 2. The average molecular weight is 390 g/mol. The molecule has 1 fully saturated rings. The molecule has 2 aromatic rings. The molecule has 0 saturated carbocycles. The van der Waals surface area contributed by atoms with Gasteiger partial charge in [-0.2, -0.15) is 0 Å². The maximum Gasteiger partial charge on any atom is 0.330 e. The summed E-state index contributed by atoms with van der Waals surface area (Å²) in [5, 5.41) is 10.7. The fraction of sp³-hybridized carbons (Fsp3) is 0.176. The summed E-state index contributed by atoms with van der Waals surface area (Å²) in [6.45, 7) is -0.0459. The van der Waals surface area contributed by atoms with Gasteiger partial charge in [0.15, 0.2) is 6.04 Å². The van der Waals surface area contributed by atoms with Crippen molar-refractivity contribution in [2.45, 2.75) is 24.0 Å². The van der Waals surface area contributed by atoms with Crippen molar-refractivity contribution in [1.29, 1.82) is 0 Å². The Morgan fingerprint density at radius 1 is 1.15 bits per heavy atom. The van der Waals surface area contributed by atoms with Gasteiger partial charge in [-0.25, -0.2) is 17.5 Å². The first-order valence-electron chi connectivity index (χ1n) is 7.83. The van der Waals surface area contributed by atoms with Crippen LogP contribution in [0.3, 0.4) is 0 Å². The molecule has 1 aliphatic rings. The first-order chi connectivity index (χ1) is 12.8. The van der Waals surface area contributed by atoms with Gasteiger partial charge in [-0.05, 0) is 17.7 Å². The highest BCUT2D eigenvalue weighted by Gasteiger charge is 2.50. The van der Waals surface area contributed by atoms with E-state index in [1.165, 1.54) is 0 Å². The van der Waals surface area contributed by atoms with E-state index >= 15 is 0 Å². The van der Waals surface area contributed by atoms with Crippen LogP contribution < -0.4 is 0 Å². The van der Waals surface area contributed by atoms with E-state index < -0.39 is 32.9 Å². The lowest BCUT2D eigenvalue weighted by molar-refractivity contribution is -0.384. The van der Waals surface area contributed by atoms with Crippen molar-refractivity contribution >= 4 is 27.6 Å². The van der Waals surface area contributed by atoms with Crippen molar-refractivity contribution < 1.29 is 27.7 Å². The zero-order chi connectivity index (χ0) is 19.6. The van der Waals surface area contributed by atoms with Crippen molar-refractivity contribution in [3.05, 3.63) is 70.3 Å².